The molecule has 0 saturated heterocycles. The van der Waals surface area contributed by atoms with Crippen LogP contribution in [0.15, 0.2) is 133 Å². The number of aromatic nitrogens is 4. The molecule has 2 aromatic heterocycles. The normalized spacial score (nSPS) is 17.2. The van der Waals surface area contributed by atoms with Crippen molar-refractivity contribution in [3.8, 4) is 28.7 Å². The van der Waals surface area contributed by atoms with Gasteiger partial charge in [0.05, 0.1) is 10.9 Å². The van der Waals surface area contributed by atoms with Gasteiger partial charge in [0.15, 0.2) is 11.6 Å². The Hall–Kier alpha value is -6.35. The largest absolute Gasteiger partial charge is 0.277 e. The Balaban J connectivity index is 1.28. The van der Waals surface area contributed by atoms with Crippen LogP contribution in [0, 0.1) is 0 Å². The molecule has 0 spiro atoms. The Kier molecular flexibility index (Phi) is 6.47. The number of benzene rings is 4. The lowest BCUT2D eigenvalue weighted by molar-refractivity contribution is 0.700. The van der Waals surface area contributed by atoms with Gasteiger partial charge in [-0.1, -0.05) is 123 Å². The van der Waals surface area contributed by atoms with E-state index in [0.717, 1.165) is 63.9 Å². The van der Waals surface area contributed by atoms with Crippen molar-refractivity contribution in [1.29, 1.82) is 0 Å². The van der Waals surface area contributed by atoms with E-state index in [9.17, 15) is 0 Å². The van der Waals surface area contributed by atoms with Gasteiger partial charge in [-0.15, -0.1) is 5.73 Å². The highest BCUT2D eigenvalue weighted by Gasteiger charge is 2.42. The first-order chi connectivity index (χ1) is 26.0. The maximum absolute atomic E-state index is 5.38. The van der Waals surface area contributed by atoms with E-state index >= 15 is 0 Å². The van der Waals surface area contributed by atoms with E-state index in [1.165, 1.54) is 50.1 Å². The fraction of sp³-hybridized carbons (Fsp3) is 0.143. The second-order valence-electron chi connectivity index (χ2n) is 15.1. The third-order valence-electron chi connectivity index (χ3n) is 11.7. The van der Waals surface area contributed by atoms with E-state index in [0.29, 0.717) is 17.6 Å². The van der Waals surface area contributed by atoms with Crippen molar-refractivity contribution in [1.82, 2.24) is 19.5 Å². The van der Waals surface area contributed by atoms with Crippen LogP contribution in [-0.4, -0.2) is 19.5 Å². The van der Waals surface area contributed by atoms with Gasteiger partial charge in [-0.25, -0.2) is 4.98 Å². The molecule has 0 fully saturated rings. The number of hydrogen-bond acceptors (Lipinski definition) is 3. The molecule has 3 heterocycles. The van der Waals surface area contributed by atoms with E-state index in [2.05, 4.69) is 158 Å². The van der Waals surface area contributed by atoms with Crippen LogP contribution in [-0.2, 0) is 5.41 Å². The van der Waals surface area contributed by atoms with Crippen LogP contribution < -0.4 is 10.6 Å². The van der Waals surface area contributed by atoms with Gasteiger partial charge in [-0.3, -0.25) is 4.57 Å². The molecule has 1 aliphatic heterocycles. The van der Waals surface area contributed by atoms with Gasteiger partial charge in [0, 0.05) is 38.3 Å². The van der Waals surface area contributed by atoms with E-state index in [4.69, 9.17) is 15.0 Å². The first-order valence-corrected chi connectivity index (χ1v) is 18.7. The number of para-hydroxylation sites is 1. The molecule has 0 unspecified atom stereocenters. The van der Waals surface area contributed by atoms with Gasteiger partial charge in [-0.05, 0) is 94.5 Å². The van der Waals surface area contributed by atoms with Gasteiger partial charge in [0.1, 0.15) is 0 Å². The zero-order chi connectivity index (χ0) is 35.3. The average Bonchev–Trinajstić information content (AvgIpc) is 3.54. The summed E-state index contributed by atoms with van der Waals surface area (Å²) < 4.78 is 2.30. The van der Waals surface area contributed by atoms with Gasteiger partial charge in [0.25, 0.3) is 0 Å². The minimum atomic E-state index is -0.335. The molecule has 53 heavy (non-hydrogen) atoms. The zero-order valence-corrected chi connectivity index (χ0v) is 29.8. The molecular formula is C49H36N4. The second-order valence-corrected chi connectivity index (χ2v) is 15.1. The van der Waals surface area contributed by atoms with Crippen molar-refractivity contribution in [3.63, 3.8) is 0 Å². The molecule has 11 rings (SSSR count). The predicted molar refractivity (Wildman–Crippen MR) is 217 cm³/mol. The van der Waals surface area contributed by atoms with Crippen molar-refractivity contribution in [2.24, 2.45) is 0 Å². The third-order valence-corrected chi connectivity index (χ3v) is 11.7. The summed E-state index contributed by atoms with van der Waals surface area (Å²) in [5.74, 6) is 1.91. The Labute approximate surface area is 308 Å². The molecule has 0 saturated carbocycles. The van der Waals surface area contributed by atoms with Crippen LogP contribution in [0.1, 0.15) is 67.3 Å². The molecule has 0 N–H and O–H groups in total. The Morgan fingerprint density at radius 1 is 0.698 bits per heavy atom. The summed E-state index contributed by atoms with van der Waals surface area (Å²) in [6, 6.07) is 32.9. The lowest BCUT2D eigenvalue weighted by atomic mass is 9.77. The quantitative estimate of drug-likeness (QED) is 0.171. The maximum atomic E-state index is 5.38. The molecule has 252 valence electrons. The summed E-state index contributed by atoms with van der Waals surface area (Å²) in [4.78, 5) is 16.0. The SMILES string of the molecule is CC1(C)C2=c3c4c5ccccc5n3-c3nc(-c5ccc(C6=CCCC=C6)cc5)nc(n3)-c3cccc(c3)C3=CCCC(=C3)c3cccc(c31)C2=C=CC=4. The minimum absolute atomic E-state index is 0.335. The standard InChI is InChI=1S/C49H36N4/c1-49(2)43-37-19-10-20-39(43)40-21-11-22-41-38-18-6-7-23-42(38)53(45(41)44(40)49)48-51-46(32-26-24-31(25-27-32)30-12-4-3-5-13-30)50-47(52-48)36-17-9-15-34(29-36)33-14-8-16-35(37)28-33/h4,6-7,9-15,17-20,22-29H,3,5,8,16H2,1-2H3. The summed E-state index contributed by atoms with van der Waals surface area (Å²) >= 11 is 0. The minimum Gasteiger partial charge on any atom is -0.277 e. The van der Waals surface area contributed by atoms with Crippen LogP contribution in [0.5, 0.6) is 0 Å². The van der Waals surface area contributed by atoms with Crippen molar-refractivity contribution < 1.29 is 0 Å². The number of hydrogen-bond donors (Lipinski definition) is 0. The van der Waals surface area contributed by atoms with Crippen LogP contribution in [0.25, 0.3) is 73.6 Å². The van der Waals surface area contributed by atoms with E-state index in [1.54, 1.807) is 0 Å². The Morgan fingerprint density at radius 2 is 1.47 bits per heavy atom. The summed E-state index contributed by atoms with van der Waals surface area (Å²) in [5.41, 5.74) is 19.0. The third kappa shape index (κ3) is 4.52. The molecule has 6 aromatic rings. The first kappa shape index (κ1) is 30.3. The van der Waals surface area contributed by atoms with Crippen molar-refractivity contribution in [2.45, 2.75) is 44.9 Å². The lowest BCUT2D eigenvalue weighted by Gasteiger charge is -2.26. The van der Waals surface area contributed by atoms with E-state index in [1.807, 2.05) is 0 Å². The molecule has 4 heteroatoms. The topological polar surface area (TPSA) is 43.6 Å². The van der Waals surface area contributed by atoms with Gasteiger partial charge in [-0.2, -0.15) is 9.97 Å². The molecular weight excluding hydrogens is 645 g/mol. The van der Waals surface area contributed by atoms with E-state index < -0.39 is 0 Å². The first-order valence-electron chi connectivity index (χ1n) is 18.7. The van der Waals surface area contributed by atoms with Crippen LogP contribution in [0.2, 0.25) is 0 Å². The van der Waals surface area contributed by atoms with Crippen molar-refractivity contribution in [3.05, 3.63) is 172 Å². The summed E-state index contributed by atoms with van der Waals surface area (Å²) in [7, 11) is 0. The summed E-state index contributed by atoms with van der Waals surface area (Å²) in [6.07, 6.45) is 20.1. The second kappa shape index (κ2) is 11.3. The van der Waals surface area contributed by atoms with Crippen LogP contribution in [0.4, 0.5) is 0 Å². The van der Waals surface area contributed by atoms with Crippen molar-refractivity contribution in [2.75, 3.05) is 0 Å². The Morgan fingerprint density at radius 3 is 2.34 bits per heavy atom. The zero-order valence-electron chi connectivity index (χ0n) is 29.8. The highest BCUT2D eigenvalue weighted by Crippen LogP contribution is 2.53. The smallest absolute Gasteiger partial charge is 0.238 e. The van der Waals surface area contributed by atoms with Gasteiger partial charge in [0.2, 0.25) is 5.95 Å². The molecule has 0 atom stereocenters. The number of fused-ring (bicyclic) bond motifs is 13. The molecule has 8 bridgehead atoms. The number of allylic oxidation sites excluding steroid dienone is 9. The van der Waals surface area contributed by atoms with E-state index in [-0.39, 0.29) is 5.41 Å². The van der Waals surface area contributed by atoms with Crippen molar-refractivity contribution >= 4 is 44.8 Å². The molecule has 4 aromatic carbocycles. The number of nitrogens with zero attached hydrogens (tertiary/aromatic N) is 4. The van der Waals surface area contributed by atoms with Gasteiger partial charge >= 0.3 is 0 Å². The highest BCUT2D eigenvalue weighted by atomic mass is 15.2. The van der Waals surface area contributed by atoms with Crippen LogP contribution >= 0.6 is 0 Å². The maximum Gasteiger partial charge on any atom is 0.238 e. The fourth-order valence-corrected chi connectivity index (χ4v) is 9.25. The number of rotatable bonds is 2. The van der Waals surface area contributed by atoms with Gasteiger partial charge < -0.3 is 0 Å². The molecule has 4 nitrogen and oxygen atoms in total. The fourth-order valence-electron chi connectivity index (χ4n) is 9.25. The monoisotopic (exact) mass is 680 g/mol. The molecule has 4 aliphatic carbocycles. The molecule has 5 aliphatic rings. The summed E-state index contributed by atoms with van der Waals surface area (Å²) in [5, 5.41) is 3.44. The lowest BCUT2D eigenvalue weighted by Crippen LogP contribution is -2.36. The summed E-state index contributed by atoms with van der Waals surface area (Å²) in [6.45, 7) is 4.78. The van der Waals surface area contributed by atoms with Crippen LogP contribution in [0.3, 0.4) is 0 Å². The molecule has 0 amide bonds. The average molecular weight is 681 g/mol. The highest BCUT2D eigenvalue weighted by molar-refractivity contribution is 6.10. The predicted octanol–water partition coefficient (Wildman–Crippen LogP) is 9.93. The Bertz CT molecular complexity index is 2930. The molecule has 0 radical (unpaired) electrons.